The fourth-order valence-electron chi connectivity index (χ4n) is 5.49. The number of amides is 1. The number of carbonyl (C=O) groups is 1. The maximum Gasteiger partial charge on any atom is 0.239 e. The second-order valence-electron chi connectivity index (χ2n) is 9.28. The summed E-state index contributed by atoms with van der Waals surface area (Å²) in [4.78, 5) is 23.9. The lowest BCUT2D eigenvalue weighted by Crippen LogP contribution is -2.64. The van der Waals surface area contributed by atoms with E-state index in [4.69, 9.17) is 9.47 Å². The van der Waals surface area contributed by atoms with Gasteiger partial charge in [0.2, 0.25) is 5.91 Å². The summed E-state index contributed by atoms with van der Waals surface area (Å²) in [6, 6.07) is 14.5. The van der Waals surface area contributed by atoms with Crippen LogP contribution in [0.4, 0.5) is 5.69 Å². The van der Waals surface area contributed by atoms with Crippen LogP contribution in [0, 0.1) is 0 Å². The lowest BCUT2D eigenvalue weighted by Gasteiger charge is -2.45. The minimum Gasteiger partial charge on any atom is -0.380 e. The molecule has 2 aromatic rings. The number of anilines is 1. The summed E-state index contributed by atoms with van der Waals surface area (Å²) >= 11 is 0. The Kier molecular flexibility index (Phi) is 5.88. The minimum atomic E-state index is -0.695. The van der Waals surface area contributed by atoms with Crippen molar-refractivity contribution in [2.75, 3.05) is 57.9 Å². The van der Waals surface area contributed by atoms with Crippen molar-refractivity contribution in [2.24, 2.45) is 0 Å². The van der Waals surface area contributed by atoms with Crippen molar-refractivity contribution in [1.82, 2.24) is 14.8 Å². The van der Waals surface area contributed by atoms with Gasteiger partial charge in [0.05, 0.1) is 25.3 Å². The van der Waals surface area contributed by atoms with Crippen LogP contribution < -0.4 is 4.90 Å². The summed E-state index contributed by atoms with van der Waals surface area (Å²) in [5.41, 5.74) is 1.49. The van der Waals surface area contributed by atoms with Crippen molar-refractivity contribution in [3.05, 3.63) is 60.4 Å². The number of aromatic nitrogens is 1. The van der Waals surface area contributed by atoms with Crippen molar-refractivity contribution in [1.29, 1.82) is 0 Å². The first-order valence-electron chi connectivity index (χ1n) is 11.5. The van der Waals surface area contributed by atoms with Crippen LogP contribution in [0.15, 0.2) is 54.9 Å². The SMILES string of the molecule is COCC12CN(CCc3ccccc3)CC(=O)N1CC1(CCN(c3ccncc3)CC1)O2. The highest BCUT2D eigenvalue weighted by Crippen LogP contribution is 2.43. The lowest BCUT2D eigenvalue weighted by atomic mass is 9.91. The Labute approximate surface area is 189 Å². The van der Waals surface area contributed by atoms with Crippen molar-refractivity contribution in [2.45, 2.75) is 30.6 Å². The zero-order valence-electron chi connectivity index (χ0n) is 18.8. The molecule has 7 nitrogen and oxygen atoms in total. The van der Waals surface area contributed by atoms with Crippen LogP contribution in [0.3, 0.4) is 0 Å². The first kappa shape index (κ1) is 21.4. The molecule has 0 N–H and O–H groups in total. The predicted octanol–water partition coefficient (Wildman–Crippen LogP) is 2.18. The van der Waals surface area contributed by atoms with E-state index in [9.17, 15) is 4.79 Å². The van der Waals surface area contributed by atoms with Gasteiger partial charge in [0.15, 0.2) is 5.72 Å². The number of methoxy groups -OCH3 is 1. The number of piperidine rings is 1. The number of hydrogen-bond acceptors (Lipinski definition) is 6. The van der Waals surface area contributed by atoms with Crippen molar-refractivity contribution in [3.63, 3.8) is 0 Å². The molecule has 4 heterocycles. The van der Waals surface area contributed by atoms with E-state index in [0.29, 0.717) is 26.2 Å². The molecule has 1 atom stereocenters. The summed E-state index contributed by atoms with van der Waals surface area (Å²) in [6.07, 6.45) is 6.39. The fraction of sp³-hybridized carbons (Fsp3) is 0.520. The van der Waals surface area contributed by atoms with Gasteiger partial charge in [-0.2, -0.15) is 0 Å². The number of carbonyl (C=O) groups excluding carboxylic acids is 1. The molecule has 1 amide bonds. The van der Waals surface area contributed by atoms with Gasteiger partial charge >= 0.3 is 0 Å². The molecule has 3 saturated heterocycles. The zero-order valence-corrected chi connectivity index (χ0v) is 18.8. The highest BCUT2D eigenvalue weighted by molar-refractivity contribution is 5.80. The van der Waals surface area contributed by atoms with Crippen LogP contribution in [-0.2, 0) is 20.7 Å². The number of piperazine rings is 1. The topological polar surface area (TPSA) is 58.1 Å². The Morgan fingerprint density at radius 2 is 1.81 bits per heavy atom. The number of benzene rings is 1. The predicted molar refractivity (Wildman–Crippen MR) is 122 cm³/mol. The summed E-state index contributed by atoms with van der Waals surface area (Å²) in [7, 11) is 1.70. The monoisotopic (exact) mass is 436 g/mol. The maximum atomic E-state index is 13.2. The summed E-state index contributed by atoms with van der Waals surface area (Å²) in [5.74, 6) is 0.148. The normalized spacial score (nSPS) is 25.3. The quantitative estimate of drug-likeness (QED) is 0.692. The van der Waals surface area contributed by atoms with Crippen LogP contribution in [-0.4, -0.2) is 85.0 Å². The number of pyridine rings is 1. The highest BCUT2D eigenvalue weighted by atomic mass is 16.6. The van der Waals surface area contributed by atoms with Crippen molar-refractivity contribution >= 4 is 11.6 Å². The van der Waals surface area contributed by atoms with Gasteiger partial charge in [-0.1, -0.05) is 30.3 Å². The molecule has 0 bridgehead atoms. The van der Waals surface area contributed by atoms with Crippen LogP contribution in [0.2, 0.25) is 0 Å². The molecule has 3 aliphatic heterocycles. The van der Waals surface area contributed by atoms with Gasteiger partial charge < -0.3 is 19.3 Å². The van der Waals surface area contributed by atoms with Gasteiger partial charge in [0.1, 0.15) is 0 Å². The molecule has 5 rings (SSSR count). The van der Waals surface area contributed by atoms with Crippen LogP contribution in [0.1, 0.15) is 18.4 Å². The molecule has 1 aromatic heterocycles. The molecule has 1 aromatic carbocycles. The lowest BCUT2D eigenvalue weighted by molar-refractivity contribution is -0.201. The molecule has 3 aliphatic rings. The third kappa shape index (κ3) is 4.12. The third-order valence-corrected chi connectivity index (χ3v) is 7.11. The molecule has 32 heavy (non-hydrogen) atoms. The zero-order chi connectivity index (χ0) is 22.0. The Morgan fingerprint density at radius 3 is 2.53 bits per heavy atom. The summed E-state index contributed by atoms with van der Waals surface area (Å²) < 4.78 is 12.5. The third-order valence-electron chi connectivity index (χ3n) is 7.11. The molecule has 0 aliphatic carbocycles. The molecule has 3 fully saturated rings. The first-order chi connectivity index (χ1) is 15.6. The number of ether oxygens (including phenoxy) is 2. The summed E-state index contributed by atoms with van der Waals surface area (Å²) in [6.45, 7) is 4.85. The molecule has 0 saturated carbocycles. The van der Waals surface area contributed by atoms with E-state index >= 15 is 0 Å². The number of fused-ring (bicyclic) bond motifs is 1. The first-order valence-corrected chi connectivity index (χ1v) is 11.5. The molecule has 170 valence electrons. The van der Waals surface area contributed by atoms with E-state index in [2.05, 4.69) is 51.2 Å². The maximum absolute atomic E-state index is 13.2. The van der Waals surface area contributed by atoms with Gasteiger partial charge in [-0.3, -0.25) is 14.7 Å². The molecule has 1 spiro atoms. The molecular formula is C25H32N4O3. The average Bonchev–Trinajstić information content (AvgIpc) is 3.14. The Balaban J connectivity index is 1.28. The highest BCUT2D eigenvalue weighted by Gasteiger charge is 2.59. The van der Waals surface area contributed by atoms with Crippen molar-refractivity contribution < 1.29 is 14.3 Å². The molecular weight excluding hydrogens is 404 g/mol. The smallest absolute Gasteiger partial charge is 0.239 e. The number of rotatable bonds is 6. The van der Waals surface area contributed by atoms with E-state index in [1.165, 1.54) is 11.3 Å². The van der Waals surface area contributed by atoms with Crippen LogP contribution >= 0.6 is 0 Å². The molecule has 1 unspecified atom stereocenters. The number of hydrogen-bond donors (Lipinski definition) is 0. The number of nitrogens with zero attached hydrogens (tertiary/aromatic N) is 4. The van der Waals surface area contributed by atoms with Crippen molar-refractivity contribution in [3.8, 4) is 0 Å². The second kappa shape index (κ2) is 8.81. The Hall–Kier alpha value is -2.48. The van der Waals surface area contributed by atoms with Gasteiger partial charge in [0, 0.05) is 51.4 Å². The summed E-state index contributed by atoms with van der Waals surface area (Å²) in [5, 5.41) is 0. The van der Waals surface area contributed by atoms with Gasteiger partial charge in [-0.25, -0.2) is 0 Å². The van der Waals surface area contributed by atoms with E-state index in [-0.39, 0.29) is 11.5 Å². The fourth-order valence-corrected chi connectivity index (χ4v) is 5.49. The minimum absolute atomic E-state index is 0.148. The second-order valence-corrected chi connectivity index (χ2v) is 9.28. The van der Waals surface area contributed by atoms with E-state index in [0.717, 1.165) is 38.9 Å². The van der Waals surface area contributed by atoms with Gasteiger partial charge in [0.25, 0.3) is 0 Å². The van der Waals surface area contributed by atoms with Gasteiger partial charge in [-0.15, -0.1) is 0 Å². The Morgan fingerprint density at radius 1 is 1.06 bits per heavy atom. The van der Waals surface area contributed by atoms with Crippen LogP contribution in [0.25, 0.3) is 0 Å². The largest absolute Gasteiger partial charge is 0.380 e. The van der Waals surface area contributed by atoms with Gasteiger partial charge in [-0.05, 0) is 37.0 Å². The molecule has 7 heteroatoms. The Bertz CT molecular complexity index is 917. The van der Waals surface area contributed by atoms with Crippen LogP contribution in [0.5, 0.6) is 0 Å². The van der Waals surface area contributed by atoms with E-state index < -0.39 is 5.72 Å². The average molecular weight is 437 g/mol. The molecule has 0 radical (unpaired) electrons. The standard InChI is InChI=1S/C25H32N4O3/c1-31-20-25-19-27(14-9-21-5-3-2-4-6-21)17-23(30)29(25)18-24(32-25)10-15-28(16-11-24)22-7-12-26-13-8-22/h2-8,12-13H,9-11,14-20H2,1H3. The van der Waals surface area contributed by atoms with E-state index in [1.807, 2.05) is 23.4 Å². The van der Waals surface area contributed by atoms with E-state index in [1.54, 1.807) is 7.11 Å².